The minimum Gasteiger partial charge on any atom is -0.378 e. The highest BCUT2D eigenvalue weighted by Crippen LogP contribution is 2.21. The number of halogens is 1. The van der Waals surface area contributed by atoms with Crippen LogP contribution in [0.15, 0.2) is 48.8 Å². The maximum atomic E-state index is 13.8. The molecule has 0 radical (unpaired) electrons. The van der Waals surface area contributed by atoms with E-state index in [2.05, 4.69) is 10.4 Å². The molecule has 0 amide bonds. The zero-order chi connectivity index (χ0) is 14.8. The number of pyridine rings is 1. The van der Waals surface area contributed by atoms with Gasteiger partial charge in [-0.3, -0.25) is 10.1 Å². The van der Waals surface area contributed by atoms with Gasteiger partial charge >= 0.3 is 0 Å². The largest absolute Gasteiger partial charge is 0.378 e. The topological polar surface area (TPSA) is 72.5 Å². The van der Waals surface area contributed by atoms with Crippen molar-refractivity contribution in [3.8, 4) is 0 Å². The molecule has 0 unspecified atom stereocenters. The van der Waals surface area contributed by atoms with E-state index in [0.29, 0.717) is 6.54 Å². The molecular formula is C14H11FN4O2. The molecular weight excluding hydrogens is 275 g/mol. The molecule has 1 N–H and O–H groups in total. The fourth-order valence-corrected chi connectivity index (χ4v) is 2.08. The molecule has 6 nitrogen and oxygen atoms in total. The highest BCUT2D eigenvalue weighted by Gasteiger charge is 2.11. The Morgan fingerprint density at radius 2 is 2.19 bits per heavy atom. The standard InChI is InChI=1S/C14H11FN4O2/c15-12-7-11(19(20)21)4-5-13(12)16-8-10-9-17-18-6-2-1-3-14(10)18/h1-7,9,16H,8H2. The summed E-state index contributed by atoms with van der Waals surface area (Å²) in [6.45, 7) is 0.377. The van der Waals surface area contributed by atoms with Gasteiger partial charge in [-0.2, -0.15) is 5.10 Å². The number of benzene rings is 1. The Balaban J connectivity index is 1.80. The van der Waals surface area contributed by atoms with Gasteiger partial charge in [-0.15, -0.1) is 0 Å². The van der Waals surface area contributed by atoms with Crippen LogP contribution in [0.5, 0.6) is 0 Å². The number of anilines is 1. The Kier molecular flexibility index (Phi) is 3.23. The molecule has 3 aromatic rings. The zero-order valence-corrected chi connectivity index (χ0v) is 10.9. The number of nitrogens with zero attached hydrogens (tertiary/aromatic N) is 3. The molecule has 0 aliphatic heterocycles. The summed E-state index contributed by atoms with van der Waals surface area (Å²) in [5.74, 6) is -0.652. The van der Waals surface area contributed by atoms with Crippen molar-refractivity contribution in [2.75, 3.05) is 5.32 Å². The van der Waals surface area contributed by atoms with Gasteiger partial charge in [-0.25, -0.2) is 8.91 Å². The second-order valence-electron chi connectivity index (χ2n) is 4.48. The van der Waals surface area contributed by atoms with Crippen molar-refractivity contribution in [3.63, 3.8) is 0 Å². The molecule has 0 atom stereocenters. The van der Waals surface area contributed by atoms with Gasteiger partial charge in [0.25, 0.3) is 5.69 Å². The minimum absolute atomic E-state index is 0.218. The number of hydrogen-bond donors (Lipinski definition) is 1. The van der Waals surface area contributed by atoms with Crippen molar-refractivity contribution < 1.29 is 9.31 Å². The molecule has 0 spiro atoms. The lowest BCUT2D eigenvalue weighted by molar-refractivity contribution is -0.385. The summed E-state index contributed by atoms with van der Waals surface area (Å²) >= 11 is 0. The number of nitro benzene ring substituents is 1. The van der Waals surface area contributed by atoms with Crippen LogP contribution in [0.1, 0.15) is 5.56 Å². The van der Waals surface area contributed by atoms with Gasteiger partial charge in [0, 0.05) is 24.4 Å². The Morgan fingerprint density at radius 3 is 2.95 bits per heavy atom. The number of fused-ring (bicyclic) bond motifs is 1. The Bertz CT molecular complexity index is 816. The van der Waals surface area contributed by atoms with Crippen molar-refractivity contribution >= 4 is 16.9 Å². The molecule has 2 heterocycles. The van der Waals surface area contributed by atoms with E-state index in [0.717, 1.165) is 17.1 Å². The van der Waals surface area contributed by atoms with Crippen molar-refractivity contribution in [3.05, 3.63) is 70.3 Å². The second-order valence-corrected chi connectivity index (χ2v) is 4.48. The van der Waals surface area contributed by atoms with Crippen molar-refractivity contribution in [2.45, 2.75) is 6.54 Å². The molecule has 3 rings (SSSR count). The molecule has 7 heteroatoms. The third-order valence-corrected chi connectivity index (χ3v) is 3.14. The molecule has 0 saturated heterocycles. The summed E-state index contributed by atoms with van der Waals surface area (Å²) in [5.41, 5.74) is 1.78. The summed E-state index contributed by atoms with van der Waals surface area (Å²) in [4.78, 5) is 9.94. The lowest BCUT2D eigenvalue weighted by Crippen LogP contribution is -2.02. The SMILES string of the molecule is O=[N+]([O-])c1ccc(NCc2cnn3ccccc23)c(F)c1. The Labute approximate surface area is 119 Å². The Hall–Kier alpha value is -2.96. The van der Waals surface area contributed by atoms with Crippen LogP contribution in [0.4, 0.5) is 15.8 Å². The van der Waals surface area contributed by atoms with Gasteiger partial charge in [0.1, 0.15) is 0 Å². The maximum absolute atomic E-state index is 13.8. The summed E-state index contributed by atoms with van der Waals surface area (Å²) in [5, 5.41) is 17.7. The average Bonchev–Trinajstić information content (AvgIpc) is 2.89. The predicted molar refractivity (Wildman–Crippen MR) is 75.6 cm³/mol. The number of rotatable bonds is 4. The molecule has 0 bridgehead atoms. The first-order chi connectivity index (χ1) is 10.1. The summed E-state index contributed by atoms with van der Waals surface area (Å²) in [6.07, 6.45) is 3.52. The highest BCUT2D eigenvalue weighted by atomic mass is 19.1. The summed E-state index contributed by atoms with van der Waals surface area (Å²) in [6, 6.07) is 9.20. The molecule has 0 saturated carbocycles. The van der Waals surface area contributed by atoms with Crippen LogP contribution in [-0.2, 0) is 6.54 Å². The smallest absolute Gasteiger partial charge is 0.272 e. The van der Waals surface area contributed by atoms with Crippen LogP contribution in [0.25, 0.3) is 5.52 Å². The summed E-state index contributed by atoms with van der Waals surface area (Å²) < 4.78 is 15.5. The number of aromatic nitrogens is 2. The van der Waals surface area contributed by atoms with Crippen LogP contribution in [0.2, 0.25) is 0 Å². The average molecular weight is 286 g/mol. The third-order valence-electron chi connectivity index (χ3n) is 3.14. The quantitative estimate of drug-likeness (QED) is 0.591. The van der Waals surface area contributed by atoms with Gasteiger partial charge in [-0.1, -0.05) is 6.07 Å². The molecule has 0 fully saturated rings. The van der Waals surface area contributed by atoms with Crippen molar-refractivity contribution in [1.29, 1.82) is 0 Å². The normalized spacial score (nSPS) is 10.7. The van der Waals surface area contributed by atoms with Crippen LogP contribution >= 0.6 is 0 Å². The number of nitro groups is 1. The van der Waals surface area contributed by atoms with Crippen LogP contribution in [0, 0.1) is 15.9 Å². The van der Waals surface area contributed by atoms with E-state index in [1.807, 2.05) is 24.4 Å². The second kappa shape index (κ2) is 5.20. The number of nitrogens with one attached hydrogen (secondary N) is 1. The van der Waals surface area contributed by atoms with E-state index in [9.17, 15) is 14.5 Å². The van der Waals surface area contributed by atoms with Gasteiger partial charge in [-0.05, 0) is 18.2 Å². The zero-order valence-electron chi connectivity index (χ0n) is 10.9. The first kappa shape index (κ1) is 13.0. The lowest BCUT2D eigenvalue weighted by Gasteiger charge is -2.06. The van der Waals surface area contributed by atoms with Gasteiger partial charge in [0.2, 0.25) is 0 Å². The van der Waals surface area contributed by atoms with E-state index in [-0.39, 0.29) is 11.4 Å². The minimum atomic E-state index is -0.652. The van der Waals surface area contributed by atoms with Gasteiger partial charge in [0.15, 0.2) is 5.82 Å². The monoisotopic (exact) mass is 286 g/mol. The number of hydrogen-bond acceptors (Lipinski definition) is 4. The molecule has 21 heavy (non-hydrogen) atoms. The van der Waals surface area contributed by atoms with Crippen LogP contribution < -0.4 is 5.32 Å². The maximum Gasteiger partial charge on any atom is 0.272 e. The third kappa shape index (κ3) is 2.53. The fraction of sp³-hybridized carbons (Fsp3) is 0.0714. The molecule has 0 aliphatic rings. The van der Waals surface area contributed by atoms with E-state index >= 15 is 0 Å². The highest BCUT2D eigenvalue weighted by molar-refractivity contribution is 5.56. The first-order valence-corrected chi connectivity index (χ1v) is 6.24. The van der Waals surface area contributed by atoms with Crippen molar-refractivity contribution in [1.82, 2.24) is 9.61 Å². The van der Waals surface area contributed by atoms with Crippen molar-refractivity contribution in [2.24, 2.45) is 0 Å². The van der Waals surface area contributed by atoms with Crippen LogP contribution in [-0.4, -0.2) is 14.5 Å². The molecule has 2 aromatic heterocycles. The molecule has 1 aromatic carbocycles. The van der Waals surface area contributed by atoms with E-state index in [1.165, 1.54) is 12.1 Å². The van der Waals surface area contributed by atoms with E-state index in [1.54, 1.807) is 10.7 Å². The van der Waals surface area contributed by atoms with Gasteiger partial charge in [0.05, 0.1) is 28.4 Å². The number of non-ortho nitro benzene ring substituents is 1. The lowest BCUT2D eigenvalue weighted by atomic mass is 10.2. The Morgan fingerprint density at radius 1 is 1.33 bits per heavy atom. The fourth-order valence-electron chi connectivity index (χ4n) is 2.08. The van der Waals surface area contributed by atoms with E-state index in [4.69, 9.17) is 0 Å². The summed E-state index contributed by atoms with van der Waals surface area (Å²) in [7, 11) is 0. The van der Waals surface area contributed by atoms with E-state index < -0.39 is 10.7 Å². The predicted octanol–water partition coefficient (Wildman–Crippen LogP) is 2.99. The van der Waals surface area contributed by atoms with Crippen LogP contribution in [0.3, 0.4) is 0 Å². The molecule has 0 aliphatic carbocycles. The first-order valence-electron chi connectivity index (χ1n) is 6.24. The van der Waals surface area contributed by atoms with Gasteiger partial charge < -0.3 is 5.32 Å². The molecule has 106 valence electrons.